The third kappa shape index (κ3) is 3.79. The second-order valence-corrected chi connectivity index (χ2v) is 7.43. The number of nitrogens with one attached hydrogen (secondary N) is 1. The fourth-order valence-corrected chi connectivity index (χ4v) is 2.72. The van der Waals surface area contributed by atoms with Crippen LogP contribution in [-0.4, -0.2) is 19.9 Å². The second-order valence-electron chi connectivity index (χ2n) is 7.43. The van der Waals surface area contributed by atoms with Crippen LogP contribution in [0.4, 0.5) is 17.2 Å². The van der Waals surface area contributed by atoms with Crippen molar-refractivity contribution in [2.45, 2.75) is 59.4 Å². The maximum absolute atomic E-state index is 12.8. The number of H-pyrrole nitrogens is 1. The summed E-state index contributed by atoms with van der Waals surface area (Å²) in [5.74, 6) is -0.291. The molecule has 0 saturated heterocycles. The van der Waals surface area contributed by atoms with Gasteiger partial charge in [-0.15, -0.1) is 10.2 Å². The zero-order valence-electron chi connectivity index (χ0n) is 16.7. The van der Waals surface area contributed by atoms with Crippen molar-refractivity contribution >= 4 is 17.2 Å². The van der Waals surface area contributed by atoms with E-state index in [1.165, 1.54) is 6.92 Å². The molecule has 146 valence electrons. The van der Waals surface area contributed by atoms with Crippen molar-refractivity contribution < 1.29 is 5.11 Å². The van der Waals surface area contributed by atoms with E-state index in [2.05, 4.69) is 31.3 Å². The van der Waals surface area contributed by atoms with Crippen molar-refractivity contribution in [1.82, 2.24) is 14.8 Å². The van der Waals surface area contributed by atoms with Crippen LogP contribution in [-0.2, 0) is 12.0 Å². The first-order chi connectivity index (χ1) is 13.2. The van der Waals surface area contributed by atoms with Crippen LogP contribution in [0.1, 0.15) is 57.4 Å². The Hall–Kier alpha value is -3.46. The molecule has 0 radical (unpaired) electrons. The van der Waals surface area contributed by atoms with E-state index in [0.29, 0.717) is 12.1 Å². The van der Waals surface area contributed by atoms with Gasteiger partial charge in [-0.25, -0.2) is 4.85 Å². The van der Waals surface area contributed by atoms with Crippen LogP contribution in [0.2, 0.25) is 0 Å². The number of rotatable bonds is 5. The summed E-state index contributed by atoms with van der Waals surface area (Å²) in [7, 11) is 0. The van der Waals surface area contributed by atoms with Crippen molar-refractivity contribution in [3.63, 3.8) is 0 Å². The molecular weight excluding hydrogens is 358 g/mol. The number of unbranched alkanes of at least 4 members (excludes halogenated alkanes) is 1. The van der Waals surface area contributed by atoms with Crippen LogP contribution >= 0.6 is 0 Å². The summed E-state index contributed by atoms with van der Waals surface area (Å²) in [4.78, 5) is 16.1. The quantitative estimate of drug-likeness (QED) is 0.583. The van der Waals surface area contributed by atoms with Crippen molar-refractivity contribution in [2.75, 3.05) is 0 Å². The average molecular weight is 381 g/mol. The molecule has 9 heteroatoms. The van der Waals surface area contributed by atoms with Gasteiger partial charge < -0.3 is 5.11 Å². The van der Waals surface area contributed by atoms with Gasteiger partial charge in [-0.1, -0.05) is 34.1 Å². The van der Waals surface area contributed by atoms with E-state index >= 15 is 0 Å². The number of aromatic hydroxyl groups is 1. The first-order valence-electron chi connectivity index (χ1n) is 8.91. The van der Waals surface area contributed by atoms with E-state index in [1.54, 1.807) is 0 Å². The van der Waals surface area contributed by atoms with Crippen molar-refractivity contribution in [2.24, 2.45) is 10.2 Å². The summed E-state index contributed by atoms with van der Waals surface area (Å²) in [6.45, 7) is 16.9. The molecule has 0 bridgehead atoms. The molecule has 0 amide bonds. The van der Waals surface area contributed by atoms with Gasteiger partial charge in [0.15, 0.2) is 5.88 Å². The molecule has 0 aliphatic carbocycles. The molecule has 0 atom stereocenters. The van der Waals surface area contributed by atoms with Crippen molar-refractivity contribution in [3.05, 3.63) is 38.6 Å². The molecule has 0 aliphatic rings. The van der Waals surface area contributed by atoms with Gasteiger partial charge in [-0.05, 0) is 18.9 Å². The number of aromatic amines is 1. The summed E-state index contributed by atoms with van der Waals surface area (Å²) in [6.07, 6.45) is 1.48. The highest BCUT2D eigenvalue weighted by molar-refractivity contribution is 5.67. The van der Waals surface area contributed by atoms with E-state index in [4.69, 9.17) is 6.57 Å². The fraction of sp³-hybridized carbons (Fsp3) is 0.474. The third-order valence-electron chi connectivity index (χ3n) is 4.33. The summed E-state index contributed by atoms with van der Waals surface area (Å²) in [5.41, 5.74) is 0.137. The van der Waals surface area contributed by atoms with E-state index in [9.17, 15) is 15.2 Å². The van der Waals surface area contributed by atoms with E-state index in [0.717, 1.165) is 11.0 Å². The molecule has 9 nitrogen and oxygen atoms in total. The second kappa shape index (κ2) is 8.05. The molecule has 0 aromatic carbocycles. The maximum Gasteiger partial charge on any atom is 0.279 e. The number of nitriles is 1. The minimum absolute atomic E-state index is 0.0393. The molecule has 2 aromatic heterocycles. The topological polar surface area (TPSA) is 124 Å². The van der Waals surface area contributed by atoms with E-state index < -0.39 is 5.56 Å². The predicted molar refractivity (Wildman–Crippen MR) is 104 cm³/mol. The molecule has 2 heterocycles. The third-order valence-corrected chi connectivity index (χ3v) is 4.33. The Labute approximate surface area is 163 Å². The largest absolute Gasteiger partial charge is 0.503 e. The zero-order chi connectivity index (χ0) is 21.1. The van der Waals surface area contributed by atoms with E-state index in [-0.39, 0.29) is 46.2 Å². The Morgan fingerprint density at radius 1 is 1.39 bits per heavy atom. The first-order valence-corrected chi connectivity index (χ1v) is 8.91. The van der Waals surface area contributed by atoms with Crippen LogP contribution in [0.15, 0.2) is 15.0 Å². The van der Waals surface area contributed by atoms with Gasteiger partial charge in [-0.2, -0.15) is 10.4 Å². The lowest BCUT2D eigenvalue weighted by atomic mass is 9.90. The van der Waals surface area contributed by atoms with E-state index in [1.807, 2.05) is 27.7 Å². The fourth-order valence-electron chi connectivity index (χ4n) is 2.72. The van der Waals surface area contributed by atoms with Gasteiger partial charge in [0, 0.05) is 12.0 Å². The Kier molecular flexibility index (Phi) is 5.99. The minimum Gasteiger partial charge on any atom is -0.503 e. The molecular formula is C19H23N7O2. The number of hydrogen-bond donors (Lipinski definition) is 2. The Morgan fingerprint density at radius 3 is 2.61 bits per heavy atom. The predicted octanol–water partition coefficient (Wildman–Crippen LogP) is 4.52. The smallest absolute Gasteiger partial charge is 0.279 e. The normalized spacial score (nSPS) is 11.5. The van der Waals surface area contributed by atoms with Crippen molar-refractivity contribution in [1.29, 1.82) is 5.26 Å². The number of pyridine rings is 1. The van der Waals surface area contributed by atoms with Crippen LogP contribution in [0, 0.1) is 24.8 Å². The highest BCUT2D eigenvalue weighted by Gasteiger charge is 2.24. The summed E-state index contributed by atoms with van der Waals surface area (Å²) >= 11 is 0. The Morgan fingerprint density at radius 2 is 2.07 bits per heavy atom. The Balaban J connectivity index is 2.62. The molecule has 0 aliphatic heterocycles. The first kappa shape index (κ1) is 20.8. The molecule has 2 rings (SSSR count). The number of azo groups is 1. The van der Waals surface area contributed by atoms with Gasteiger partial charge in [0.2, 0.25) is 11.5 Å². The van der Waals surface area contributed by atoms with Gasteiger partial charge in [0.1, 0.15) is 17.3 Å². The molecule has 0 fully saturated rings. The lowest BCUT2D eigenvalue weighted by Crippen LogP contribution is -2.20. The highest BCUT2D eigenvalue weighted by atomic mass is 16.3. The highest BCUT2D eigenvalue weighted by Crippen LogP contribution is 2.35. The monoisotopic (exact) mass is 381 g/mol. The molecule has 2 aromatic rings. The summed E-state index contributed by atoms with van der Waals surface area (Å²) in [5, 5.41) is 34.6. The van der Waals surface area contributed by atoms with Crippen LogP contribution in [0.25, 0.3) is 4.85 Å². The molecule has 0 saturated carbocycles. The van der Waals surface area contributed by atoms with Gasteiger partial charge in [0.25, 0.3) is 5.56 Å². The van der Waals surface area contributed by atoms with Gasteiger partial charge >= 0.3 is 0 Å². The number of aromatic nitrogens is 3. The lowest BCUT2D eigenvalue weighted by molar-refractivity contribution is 0.405. The molecule has 28 heavy (non-hydrogen) atoms. The van der Waals surface area contributed by atoms with Crippen LogP contribution < -0.4 is 5.56 Å². The minimum atomic E-state index is -0.537. The summed E-state index contributed by atoms with van der Waals surface area (Å²) in [6, 6.07) is 2.07. The molecule has 2 N–H and O–H groups in total. The number of nitrogens with zero attached hydrogens (tertiary/aromatic N) is 6. The zero-order valence-corrected chi connectivity index (χ0v) is 16.7. The summed E-state index contributed by atoms with van der Waals surface area (Å²) < 4.78 is 1.13. The Bertz CT molecular complexity index is 1060. The maximum atomic E-state index is 12.8. The standard InChI is InChI=1S/C19H23N7O2/c1-7-8-9-26-17(27)13(21-6)11(2)14(18(26)28)22-24-16-12(10-20)15(23-25-16)19(3,4)5/h27H,7-9H2,1-5H3,(H,23,25). The van der Waals surface area contributed by atoms with Crippen molar-refractivity contribution in [3.8, 4) is 11.9 Å². The SMILES string of the molecule is [C-]#[N+]c1c(C)c(N=Nc2n[nH]c(C(C)(C)C)c2C#N)c(=O)n(CCCC)c1O. The number of hydrogen-bond acceptors (Lipinski definition) is 6. The average Bonchev–Trinajstić information content (AvgIpc) is 3.05. The van der Waals surface area contributed by atoms with Gasteiger partial charge in [-0.3, -0.25) is 14.5 Å². The molecule has 0 spiro atoms. The molecule has 0 unspecified atom stereocenters. The van der Waals surface area contributed by atoms with Crippen LogP contribution in [0.3, 0.4) is 0 Å². The van der Waals surface area contributed by atoms with Gasteiger partial charge in [0.05, 0.1) is 12.3 Å². The van der Waals surface area contributed by atoms with Crippen LogP contribution in [0.5, 0.6) is 5.88 Å². The lowest BCUT2D eigenvalue weighted by Gasteiger charge is -2.15.